The van der Waals surface area contributed by atoms with Crippen LogP contribution in [0.4, 0.5) is 0 Å². The fraction of sp³-hybridized carbons (Fsp3) is 0.286. The van der Waals surface area contributed by atoms with Crippen LogP contribution in [0.1, 0.15) is 30.1 Å². The average molecular weight is 248 g/mol. The van der Waals surface area contributed by atoms with E-state index >= 15 is 0 Å². The van der Waals surface area contributed by atoms with Crippen molar-refractivity contribution in [3.05, 3.63) is 48.6 Å². The summed E-state index contributed by atoms with van der Waals surface area (Å²) in [7, 11) is 0. The maximum atomic E-state index is 11.8. The van der Waals surface area contributed by atoms with Crippen molar-refractivity contribution in [2.24, 2.45) is 0 Å². The van der Waals surface area contributed by atoms with E-state index in [1.165, 1.54) is 0 Å². The Morgan fingerprint density at radius 1 is 1.28 bits per heavy atom. The number of carbonyl (C=O) groups excluding carboxylic acids is 2. The van der Waals surface area contributed by atoms with Gasteiger partial charge < -0.3 is 9.47 Å². The minimum Gasteiger partial charge on any atom is -0.422 e. The van der Waals surface area contributed by atoms with Crippen LogP contribution in [0.2, 0.25) is 0 Å². The molecular weight excluding hydrogens is 232 g/mol. The zero-order valence-electron chi connectivity index (χ0n) is 10.3. The zero-order chi connectivity index (χ0) is 13.4. The fourth-order valence-corrected chi connectivity index (χ4v) is 1.32. The van der Waals surface area contributed by atoms with Gasteiger partial charge in [0.15, 0.2) is 0 Å². The molecule has 0 N–H and O–H groups in total. The number of hydrogen-bond donors (Lipinski definition) is 0. The van der Waals surface area contributed by atoms with E-state index in [0.29, 0.717) is 12.0 Å². The Labute approximate surface area is 106 Å². The molecule has 4 nitrogen and oxygen atoms in total. The van der Waals surface area contributed by atoms with Crippen LogP contribution in [0.3, 0.4) is 0 Å². The molecular formula is C14H16O4. The first-order valence-electron chi connectivity index (χ1n) is 5.76. The molecule has 0 amide bonds. The van der Waals surface area contributed by atoms with Gasteiger partial charge in [-0.1, -0.05) is 31.7 Å². The molecule has 0 radical (unpaired) electrons. The van der Waals surface area contributed by atoms with Crippen molar-refractivity contribution in [2.45, 2.75) is 26.1 Å². The van der Waals surface area contributed by atoms with Crippen LogP contribution in [-0.2, 0) is 14.3 Å². The Bertz CT molecular complexity index is 411. The predicted octanol–water partition coefficient (Wildman–Crippen LogP) is 2.70. The summed E-state index contributed by atoms with van der Waals surface area (Å²) in [5.74, 6) is -1.11. The Kier molecular flexibility index (Phi) is 5.64. The Balaban J connectivity index is 2.63. The van der Waals surface area contributed by atoms with E-state index < -0.39 is 18.2 Å². The molecule has 1 unspecified atom stereocenters. The quantitative estimate of drug-likeness (QED) is 0.441. The largest absolute Gasteiger partial charge is 0.422 e. The zero-order valence-corrected chi connectivity index (χ0v) is 10.3. The van der Waals surface area contributed by atoms with E-state index in [9.17, 15) is 9.59 Å². The number of hydrogen-bond acceptors (Lipinski definition) is 4. The van der Waals surface area contributed by atoms with Crippen LogP contribution >= 0.6 is 0 Å². The summed E-state index contributed by atoms with van der Waals surface area (Å²) >= 11 is 0. The van der Waals surface area contributed by atoms with Gasteiger partial charge in [-0.2, -0.15) is 0 Å². The van der Waals surface area contributed by atoms with E-state index in [0.717, 1.165) is 12.5 Å². The SMILES string of the molecule is C=CC(=O)OC(CCC)OC(=O)c1ccccc1. The van der Waals surface area contributed by atoms with Crippen LogP contribution in [0.15, 0.2) is 43.0 Å². The molecule has 0 aromatic heterocycles. The summed E-state index contributed by atoms with van der Waals surface area (Å²) < 4.78 is 10.1. The Morgan fingerprint density at radius 2 is 1.94 bits per heavy atom. The summed E-state index contributed by atoms with van der Waals surface area (Å²) in [6.45, 7) is 5.20. The first kappa shape index (κ1) is 14.0. The molecule has 0 aliphatic carbocycles. The third kappa shape index (κ3) is 4.41. The van der Waals surface area contributed by atoms with E-state index in [2.05, 4.69) is 6.58 Å². The molecule has 0 saturated carbocycles. The summed E-state index contributed by atoms with van der Waals surface area (Å²) in [6, 6.07) is 8.56. The maximum Gasteiger partial charge on any atom is 0.341 e. The van der Waals surface area contributed by atoms with Gasteiger partial charge in [-0.15, -0.1) is 0 Å². The number of ether oxygens (including phenoxy) is 2. The molecule has 18 heavy (non-hydrogen) atoms. The number of benzene rings is 1. The van der Waals surface area contributed by atoms with Crippen molar-refractivity contribution >= 4 is 11.9 Å². The number of rotatable bonds is 6. The minimum absolute atomic E-state index is 0.424. The molecule has 0 spiro atoms. The average Bonchev–Trinajstić information content (AvgIpc) is 2.39. The van der Waals surface area contributed by atoms with E-state index in [-0.39, 0.29) is 0 Å². The topological polar surface area (TPSA) is 52.6 Å². The molecule has 1 aromatic rings. The molecule has 1 rings (SSSR count). The molecule has 1 aromatic carbocycles. The lowest BCUT2D eigenvalue weighted by molar-refractivity contribution is -0.163. The van der Waals surface area contributed by atoms with Crippen molar-refractivity contribution in [3.8, 4) is 0 Å². The van der Waals surface area contributed by atoms with Gasteiger partial charge >= 0.3 is 11.9 Å². The minimum atomic E-state index is -0.867. The van der Waals surface area contributed by atoms with Crippen molar-refractivity contribution in [2.75, 3.05) is 0 Å². The highest BCUT2D eigenvalue weighted by atomic mass is 16.7. The molecule has 96 valence electrons. The fourth-order valence-electron chi connectivity index (χ4n) is 1.32. The van der Waals surface area contributed by atoms with Crippen molar-refractivity contribution in [1.82, 2.24) is 0 Å². The van der Waals surface area contributed by atoms with Crippen molar-refractivity contribution in [1.29, 1.82) is 0 Å². The van der Waals surface area contributed by atoms with Gasteiger partial charge in [0.25, 0.3) is 0 Å². The summed E-state index contributed by atoms with van der Waals surface area (Å²) in [6.07, 6.45) is 1.36. The van der Waals surface area contributed by atoms with Crippen molar-refractivity contribution in [3.63, 3.8) is 0 Å². The molecule has 0 saturated heterocycles. The third-order valence-electron chi connectivity index (χ3n) is 2.19. The highest BCUT2D eigenvalue weighted by Gasteiger charge is 2.17. The Morgan fingerprint density at radius 3 is 2.50 bits per heavy atom. The molecule has 0 bridgehead atoms. The van der Waals surface area contributed by atoms with Crippen LogP contribution in [0.25, 0.3) is 0 Å². The smallest absolute Gasteiger partial charge is 0.341 e. The van der Waals surface area contributed by atoms with Crippen LogP contribution < -0.4 is 0 Å². The third-order valence-corrected chi connectivity index (χ3v) is 2.19. The molecule has 4 heteroatoms. The van der Waals surface area contributed by atoms with Crippen LogP contribution in [-0.4, -0.2) is 18.2 Å². The monoisotopic (exact) mass is 248 g/mol. The lowest BCUT2D eigenvalue weighted by atomic mass is 10.2. The number of esters is 2. The van der Waals surface area contributed by atoms with Gasteiger partial charge in [0, 0.05) is 12.5 Å². The van der Waals surface area contributed by atoms with Crippen molar-refractivity contribution < 1.29 is 19.1 Å². The lowest BCUT2D eigenvalue weighted by Crippen LogP contribution is -2.23. The van der Waals surface area contributed by atoms with Gasteiger partial charge in [-0.05, 0) is 18.6 Å². The second-order valence-corrected chi connectivity index (χ2v) is 3.63. The second-order valence-electron chi connectivity index (χ2n) is 3.63. The maximum absolute atomic E-state index is 11.8. The molecule has 0 fully saturated rings. The Hall–Kier alpha value is -2.10. The summed E-state index contributed by atoms with van der Waals surface area (Å²) in [5.41, 5.74) is 0.424. The van der Waals surface area contributed by atoms with Gasteiger partial charge in [0.1, 0.15) is 0 Å². The molecule has 0 heterocycles. The number of carbonyl (C=O) groups is 2. The lowest BCUT2D eigenvalue weighted by Gasteiger charge is -2.16. The van der Waals surface area contributed by atoms with Crippen LogP contribution in [0.5, 0.6) is 0 Å². The first-order chi connectivity index (χ1) is 8.67. The predicted molar refractivity (Wildman–Crippen MR) is 66.8 cm³/mol. The normalized spacial score (nSPS) is 11.4. The molecule has 0 aliphatic rings. The van der Waals surface area contributed by atoms with Gasteiger partial charge in [-0.25, -0.2) is 9.59 Å². The standard InChI is InChI=1S/C14H16O4/c1-3-8-13(17-12(15)4-2)18-14(16)11-9-6-5-7-10-11/h4-7,9-10,13H,2-3,8H2,1H3. The van der Waals surface area contributed by atoms with E-state index in [1.54, 1.807) is 30.3 Å². The van der Waals surface area contributed by atoms with E-state index in [1.807, 2.05) is 6.92 Å². The summed E-state index contributed by atoms with van der Waals surface area (Å²) in [5, 5.41) is 0. The summed E-state index contributed by atoms with van der Waals surface area (Å²) in [4.78, 5) is 22.8. The highest BCUT2D eigenvalue weighted by molar-refractivity contribution is 5.89. The van der Waals surface area contributed by atoms with Crippen LogP contribution in [0, 0.1) is 0 Å². The van der Waals surface area contributed by atoms with Gasteiger partial charge in [-0.3, -0.25) is 0 Å². The first-order valence-corrected chi connectivity index (χ1v) is 5.76. The van der Waals surface area contributed by atoms with E-state index in [4.69, 9.17) is 9.47 Å². The highest BCUT2D eigenvalue weighted by Crippen LogP contribution is 2.09. The van der Waals surface area contributed by atoms with Gasteiger partial charge in [0.2, 0.25) is 6.29 Å². The second kappa shape index (κ2) is 7.27. The van der Waals surface area contributed by atoms with Gasteiger partial charge in [0.05, 0.1) is 5.56 Å². The molecule has 1 atom stereocenters. The molecule has 0 aliphatic heterocycles.